The fraction of sp³-hybridized carbons (Fsp3) is 0.450. The van der Waals surface area contributed by atoms with Crippen LogP contribution in [0.5, 0.6) is 0 Å². The van der Waals surface area contributed by atoms with E-state index in [4.69, 9.17) is 47.0 Å². The van der Waals surface area contributed by atoms with Gasteiger partial charge < -0.3 is 0 Å². The second kappa shape index (κ2) is 10.0. The van der Waals surface area contributed by atoms with E-state index in [-0.39, 0.29) is 17.4 Å². The first kappa shape index (κ1) is 24.2. The van der Waals surface area contributed by atoms with Gasteiger partial charge in [0.1, 0.15) is 5.57 Å². The molecule has 2 aliphatic heterocycles. The minimum Gasteiger partial charge on any atom is -0.284 e. The summed E-state index contributed by atoms with van der Waals surface area (Å²) in [7, 11) is 0. The first-order valence-corrected chi connectivity index (χ1v) is 12.9. The number of amides is 2. The van der Waals surface area contributed by atoms with Crippen LogP contribution in [0.1, 0.15) is 45.1 Å². The Bertz CT molecular complexity index is 883. The molecular weight excluding hydrogens is 503 g/mol. The zero-order valence-electron chi connectivity index (χ0n) is 16.5. The minimum absolute atomic E-state index is 0.178. The van der Waals surface area contributed by atoms with Crippen LogP contribution in [0.2, 0.25) is 0 Å². The van der Waals surface area contributed by atoms with Gasteiger partial charge in [-0.05, 0) is 37.2 Å². The highest BCUT2D eigenvalue weighted by Crippen LogP contribution is 2.54. The summed E-state index contributed by atoms with van der Waals surface area (Å²) in [5.74, 6) is -0.647. The van der Waals surface area contributed by atoms with E-state index in [1.54, 1.807) is 21.9 Å². The molecule has 0 N–H and O–H groups in total. The standard InChI is InChI=1S/C20H21Cl3N2O2S3/c1-3-5-9-24-16(26)15(17(27)25(19(24)28)10-6-4-2)18-29-13-8-7-12(20(21,22)23)11-14(13)30-18/h7-8,11H,3-6,9-10H2,1-2H3. The van der Waals surface area contributed by atoms with Gasteiger partial charge in [-0.2, -0.15) is 0 Å². The van der Waals surface area contributed by atoms with Crippen LogP contribution in [0.25, 0.3) is 0 Å². The number of thioether (sulfide) groups is 2. The Kier molecular flexibility index (Phi) is 8.07. The number of unbranched alkanes of at least 4 members (excludes halogenated alkanes) is 2. The topological polar surface area (TPSA) is 40.6 Å². The molecular formula is C20H21Cl3N2O2S3. The number of carbonyl (C=O) groups excluding carboxylic acids is 2. The largest absolute Gasteiger partial charge is 0.284 e. The first-order valence-electron chi connectivity index (χ1n) is 9.67. The van der Waals surface area contributed by atoms with Crippen LogP contribution < -0.4 is 0 Å². The Labute approximate surface area is 205 Å². The molecule has 0 bridgehead atoms. The molecule has 0 aromatic heterocycles. The third kappa shape index (κ3) is 4.97. The predicted molar refractivity (Wildman–Crippen MR) is 130 cm³/mol. The average molecular weight is 524 g/mol. The molecule has 0 atom stereocenters. The smallest absolute Gasteiger partial charge is 0.267 e. The summed E-state index contributed by atoms with van der Waals surface area (Å²) < 4.78 is -0.890. The van der Waals surface area contributed by atoms with Crippen molar-refractivity contribution in [3.05, 3.63) is 33.6 Å². The van der Waals surface area contributed by atoms with Crippen LogP contribution in [0.15, 0.2) is 37.8 Å². The second-order valence-corrected chi connectivity index (χ2v) is 11.9. The predicted octanol–water partition coefficient (Wildman–Crippen LogP) is 6.48. The summed E-state index contributed by atoms with van der Waals surface area (Å²) in [4.78, 5) is 31.5. The van der Waals surface area contributed by atoms with E-state index in [1.807, 2.05) is 6.07 Å². The average Bonchev–Trinajstić information content (AvgIpc) is 3.10. The molecule has 2 amide bonds. The van der Waals surface area contributed by atoms with Crippen molar-refractivity contribution >= 4 is 87.5 Å². The lowest BCUT2D eigenvalue weighted by atomic mass is 10.1. The van der Waals surface area contributed by atoms with Gasteiger partial charge in [-0.1, -0.05) is 91.1 Å². The number of fused-ring (bicyclic) bond motifs is 1. The van der Waals surface area contributed by atoms with Crippen molar-refractivity contribution < 1.29 is 9.59 Å². The summed E-state index contributed by atoms with van der Waals surface area (Å²) in [5.41, 5.74) is 0.722. The van der Waals surface area contributed by atoms with Gasteiger partial charge in [0.15, 0.2) is 5.11 Å². The molecule has 1 aromatic carbocycles. The van der Waals surface area contributed by atoms with Gasteiger partial charge in [-0.15, -0.1) is 0 Å². The fourth-order valence-corrected chi connectivity index (χ4v) is 6.31. The zero-order chi connectivity index (χ0) is 22.1. The van der Waals surface area contributed by atoms with E-state index in [2.05, 4.69) is 13.8 Å². The number of alkyl halides is 3. The van der Waals surface area contributed by atoms with Crippen molar-refractivity contribution in [3.63, 3.8) is 0 Å². The Morgan fingerprint density at radius 3 is 1.97 bits per heavy atom. The number of rotatable bonds is 6. The summed E-state index contributed by atoms with van der Waals surface area (Å²) in [6.45, 7) is 5.11. The van der Waals surface area contributed by atoms with Gasteiger partial charge in [-0.25, -0.2) is 0 Å². The van der Waals surface area contributed by atoms with Gasteiger partial charge in [0.2, 0.25) is 3.79 Å². The van der Waals surface area contributed by atoms with Crippen molar-refractivity contribution in [1.29, 1.82) is 0 Å². The van der Waals surface area contributed by atoms with E-state index < -0.39 is 3.79 Å². The molecule has 0 aliphatic carbocycles. The Balaban J connectivity index is 1.98. The van der Waals surface area contributed by atoms with Crippen molar-refractivity contribution in [2.24, 2.45) is 0 Å². The zero-order valence-corrected chi connectivity index (χ0v) is 21.3. The van der Waals surface area contributed by atoms with Gasteiger partial charge in [0.25, 0.3) is 11.8 Å². The quantitative estimate of drug-likeness (QED) is 0.185. The summed E-state index contributed by atoms with van der Waals surface area (Å²) in [5, 5.41) is 0.306. The molecule has 2 heterocycles. The maximum atomic E-state index is 13.3. The van der Waals surface area contributed by atoms with Crippen LogP contribution in [0, 0.1) is 0 Å². The first-order chi connectivity index (χ1) is 14.2. The van der Waals surface area contributed by atoms with E-state index in [9.17, 15) is 9.59 Å². The Morgan fingerprint density at radius 1 is 0.933 bits per heavy atom. The van der Waals surface area contributed by atoms with Crippen molar-refractivity contribution in [1.82, 2.24) is 9.80 Å². The molecule has 1 fully saturated rings. The normalized spacial score (nSPS) is 17.3. The molecule has 1 aromatic rings. The number of hydrogen-bond acceptors (Lipinski definition) is 5. The molecule has 0 spiro atoms. The fourth-order valence-electron chi connectivity index (χ4n) is 3.05. The maximum absolute atomic E-state index is 13.3. The van der Waals surface area contributed by atoms with Crippen LogP contribution in [-0.2, 0) is 13.4 Å². The summed E-state index contributed by atoms with van der Waals surface area (Å²) in [6, 6.07) is 5.39. The second-order valence-electron chi connectivity index (χ2n) is 6.93. The van der Waals surface area contributed by atoms with E-state index in [1.165, 1.54) is 23.5 Å². The van der Waals surface area contributed by atoms with Crippen LogP contribution in [-0.4, -0.2) is 39.8 Å². The molecule has 0 radical (unpaired) electrons. The molecule has 0 unspecified atom stereocenters. The van der Waals surface area contributed by atoms with Gasteiger partial charge >= 0.3 is 0 Å². The van der Waals surface area contributed by atoms with Crippen LogP contribution in [0.3, 0.4) is 0 Å². The molecule has 162 valence electrons. The highest BCUT2D eigenvalue weighted by molar-refractivity contribution is 8.24. The molecule has 2 aliphatic rings. The van der Waals surface area contributed by atoms with E-state index in [0.717, 1.165) is 35.5 Å². The summed E-state index contributed by atoms with van der Waals surface area (Å²) in [6.07, 6.45) is 3.49. The maximum Gasteiger partial charge on any atom is 0.267 e. The molecule has 10 heteroatoms. The molecule has 3 rings (SSSR count). The van der Waals surface area contributed by atoms with E-state index >= 15 is 0 Å². The molecule has 1 saturated heterocycles. The number of nitrogens with zero attached hydrogens (tertiary/aromatic N) is 2. The lowest BCUT2D eigenvalue weighted by Crippen LogP contribution is -2.56. The number of thiocarbonyl (C=S) groups is 1. The SMILES string of the molecule is CCCCN1C(=O)C(=C2Sc3ccc(C(Cl)(Cl)Cl)cc3S2)C(=O)N(CCCC)C1=S. The third-order valence-corrected chi connectivity index (χ3v) is 8.37. The lowest BCUT2D eigenvalue weighted by Gasteiger charge is -2.37. The van der Waals surface area contributed by atoms with Crippen LogP contribution >= 0.6 is 70.5 Å². The minimum atomic E-state index is -1.53. The van der Waals surface area contributed by atoms with Gasteiger partial charge in [0, 0.05) is 28.4 Å². The number of halogens is 3. The Morgan fingerprint density at radius 2 is 1.47 bits per heavy atom. The lowest BCUT2D eigenvalue weighted by molar-refractivity contribution is -0.133. The monoisotopic (exact) mass is 522 g/mol. The van der Waals surface area contributed by atoms with Crippen molar-refractivity contribution in [3.8, 4) is 0 Å². The van der Waals surface area contributed by atoms with Gasteiger partial charge in [0.05, 0.1) is 4.24 Å². The third-order valence-electron chi connectivity index (χ3n) is 4.73. The number of hydrogen-bond donors (Lipinski definition) is 0. The molecule has 4 nitrogen and oxygen atoms in total. The summed E-state index contributed by atoms with van der Waals surface area (Å²) >= 11 is 26.3. The molecule has 0 saturated carbocycles. The number of carbonyl (C=O) groups is 2. The van der Waals surface area contributed by atoms with Crippen molar-refractivity contribution in [2.45, 2.75) is 53.1 Å². The highest BCUT2D eigenvalue weighted by Gasteiger charge is 2.42. The molecule has 30 heavy (non-hydrogen) atoms. The van der Waals surface area contributed by atoms with Crippen LogP contribution in [0.4, 0.5) is 0 Å². The number of benzene rings is 1. The van der Waals surface area contributed by atoms with Crippen molar-refractivity contribution in [2.75, 3.05) is 13.1 Å². The van der Waals surface area contributed by atoms with Gasteiger partial charge in [-0.3, -0.25) is 19.4 Å². The highest BCUT2D eigenvalue weighted by atomic mass is 35.6. The Hall–Kier alpha value is -0.440. The van der Waals surface area contributed by atoms with E-state index in [0.29, 0.717) is 28.0 Å².